The van der Waals surface area contributed by atoms with Crippen LogP contribution in [0.15, 0.2) is 23.3 Å². The van der Waals surface area contributed by atoms with Crippen LogP contribution < -0.4 is 0 Å². The van der Waals surface area contributed by atoms with E-state index in [2.05, 4.69) is 4.74 Å². The van der Waals surface area contributed by atoms with Crippen LogP contribution in [-0.4, -0.2) is 34.9 Å². The highest BCUT2D eigenvalue weighted by Gasteiger charge is 2.33. The molecule has 3 atom stereocenters. The first kappa shape index (κ1) is 10.4. The number of carbonyl (C=O) groups excluding carboxylic acids is 1. The molecule has 0 aliphatic carbocycles. The van der Waals surface area contributed by atoms with Crippen molar-refractivity contribution in [2.75, 3.05) is 0 Å². The number of cyclic esters (lactones) is 1. The zero-order valence-corrected chi connectivity index (χ0v) is 8.21. The Hall–Kier alpha value is -1.17. The Morgan fingerprint density at radius 3 is 2.67 bits per heavy atom. The summed E-state index contributed by atoms with van der Waals surface area (Å²) in [4.78, 5) is 10.9. The highest BCUT2D eigenvalue weighted by atomic mass is 16.6. The summed E-state index contributed by atoms with van der Waals surface area (Å²) in [5, 5.41) is 18.8. The molecule has 2 rings (SSSR count). The largest absolute Gasteiger partial charge is 0.429 e. The molecular formula is C10H12O5. The first-order valence-corrected chi connectivity index (χ1v) is 4.68. The molecule has 2 heterocycles. The Kier molecular flexibility index (Phi) is 2.60. The molecule has 0 bridgehead atoms. The van der Waals surface area contributed by atoms with Gasteiger partial charge in [-0.2, -0.15) is 0 Å². The van der Waals surface area contributed by atoms with Crippen LogP contribution in [-0.2, 0) is 14.3 Å². The highest BCUT2D eigenvalue weighted by Crippen LogP contribution is 2.27. The van der Waals surface area contributed by atoms with Crippen LogP contribution in [0.1, 0.15) is 13.3 Å². The summed E-state index contributed by atoms with van der Waals surface area (Å²) in [5.41, 5.74) is 1.09. The molecule has 0 amide bonds. The summed E-state index contributed by atoms with van der Waals surface area (Å²) in [7, 11) is 0. The number of rotatable bonds is 1. The third-order valence-electron chi connectivity index (χ3n) is 2.51. The minimum atomic E-state index is -1.25. The van der Waals surface area contributed by atoms with Crippen LogP contribution in [0.2, 0.25) is 0 Å². The lowest BCUT2D eigenvalue weighted by Crippen LogP contribution is -2.31. The lowest BCUT2D eigenvalue weighted by molar-refractivity contribution is -0.155. The first-order valence-electron chi connectivity index (χ1n) is 4.68. The molecule has 0 fully saturated rings. The van der Waals surface area contributed by atoms with E-state index in [1.165, 1.54) is 6.08 Å². The van der Waals surface area contributed by atoms with Gasteiger partial charge in [0, 0.05) is 11.6 Å². The molecule has 0 aromatic carbocycles. The lowest BCUT2D eigenvalue weighted by atomic mass is 10.0. The zero-order valence-electron chi connectivity index (χ0n) is 8.21. The minimum Gasteiger partial charge on any atom is -0.429 e. The third kappa shape index (κ3) is 1.94. The Balaban J connectivity index is 2.14. The number of hydrogen-bond donors (Lipinski definition) is 2. The summed E-state index contributed by atoms with van der Waals surface area (Å²) in [6, 6.07) is 0. The van der Waals surface area contributed by atoms with Gasteiger partial charge in [-0.15, -0.1) is 0 Å². The van der Waals surface area contributed by atoms with Crippen molar-refractivity contribution < 1.29 is 24.5 Å². The number of ether oxygens (including phenoxy) is 2. The van der Waals surface area contributed by atoms with Crippen molar-refractivity contribution >= 4 is 5.97 Å². The number of aliphatic hydroxyl groups is 2. The average Bonchev–Trinajstić information content (AvgIpc) is 2.50. The molecule has 0 aromatic heterocycles. The smallest absolute Gasteiger partial charge is 0.333 e. The van der Waals surface area contributed by atoms with E-state index < -0.39 is 24.7 Å². The van der Waals surface area contributed by atoms with Gasteiger partial charge in [-0.1, -0.05) is 6.08 Å². The highest BCUT2D eigenvalue weighted by molar-refractivity contribution is 5.85. The Morgan fingerprint density at radius 2 is 2.13 bits per heavy atom. The van der Waals surface area contributed by atoms with E-state index in [4.69, 9.17) is 4.74 Å². The van der Waals surface area contributed by atoms with E-state index in [0.29, 0.717) is 12.0 Å². The molecule has 0 saturated heterocycles. The molecular weight excluding hydrogens is 200 g/mol. The van der Waals surface area contributed by atoms with Gasteiger partial charge in [0.05, 0.1) is 6.10 Å². The van der Waals surface area contributed by atoms with Gasteiger partial charge in [0.25, 0.3) is 0 Å². The van der Waals surface area contributed by atoms with Gasteiger partial charge >= 0.3 is 5.97 Å². The van der Waals surface area contributed by atoms with Crippen molar-refractivity contribution in [2.45, 2.75) is 32.0 Å². The van der Waals surface area contributed by atoms with Crippen molar-refractivity contribution in [1.29, 1.82) is 0 Å². The molecule has 5 nitrogen and oxygen atoms in total. The predicted molar refractivity (Wildman–Crippen MR) is 49.4 cm³/mol. The summed E-state index contributed by atoms with van der Waals surface area (Å²) in [5.74, 6) is -0.582. The van der Waals surface area contributed by atoms with Gasteiger partial charge in [0.2, 0.25) is 6.29 Å². The maximum Gasteiger partial charge on any atom is 0.333 e. The Morgan fingerprint density at radius 1 is 1.40 bits per heavy atom. The maximum absolute atomic E-state index is 10.9. The van der Waals surface area contributed by atoms with Crippen molar-refractivity contribution in [3.05, 3.63) is 23.3 Å². The van der Waals surface area contributed by atoms with Gasteiger partial charge in [0.15, 0.2) is 6.29 Å². The average molecular weight is 212 g/mol. The SMILES string of the molecule is CC1=CCC(C2=CC(=O)OC2O)OC1O. The summed E-state index contributed by atoms with van der Waals surface area (Å²) < 4.78 is 9.76. The first-order chi connectivity index (χ1) is 7.08. The molecule has 2 N–H and O–H groups in total. The van der Waals surface area contributed by atoms with Gasteiger partial charge in [0.1, 0.15) is 0 Å². The van der Waals surface area contributed by atoms with Crippen molar-refractivity contribution in [3.8, 4) is 0 Å². The molecule has 2 aliphatic rings. The molecule has 15 heavy (non-hydrogen) atoms. The summed E-state index contributed by atoms with van der Waals surface area (Å²) in [6.07, 6.45) is 0.813. The van der Waals surface area contributed by atoms with E-state index in [1.807, 2.05) is 6.08 Å². The molecule has 5 heteroatoms. The Bertz CT molecular complexity index is 344. The number of esters is 1. The van der Waals surface area contributed by atoms with E-state index >= 15 is 0 Å². The van der Waals surface area contributed by atoms with Crippen molar-refractivity contribution in [2.24, 2.45) is 0 Å². The Labute approximate surface area is 86.6 Å². The van der Waals surface area contributed by atoms with Crippen LogP contribution in [0.25, 0.3) is 0 Å². The second-order valence-electron chi connectivity index (χ2n) is 3.59. The molecule has 0 radical (unpaired) electrons. The second kappa shape index (κ2) is 3.77. The normalized spacial score (nSPS) is 35.9. The summed E-state index contributed by atoms with van der Waals surface area (Å²) in [6.45, 7) is 1.75. The van der Waals surface area contributed by atoms with E-state index in [-0.39, 0.29) is 0 Å². The monoisotopic (exact) mass is 212 g/mol. The number of aliphatic hydroxyl groups excluding tert-OH is 2. The van der Waals surface area contributed by atoms with Gasteiger partial charge in [-0.05, 0) is 18.9 Å². The molecule has 0 aromatic rings. The fourth-order valence-corrected chi connectivity index (χ4v) is 1.60. The molecule has 0 spiro atoms. The fraction of sp³-hybridized carbons (Fsp3) is 0.500. The molecule has 82 valence electrons. The fourth-order valence-electron chi connectivity index (χ4n) is 1.60. The molecule has 0 saturated carbocycles. The van der Waals surface area contributed by atoms with Crippen LogP contribution in [0.4, 0.5) is 0 Å². The third-order valence-corrected chi connectivity index (χ3v) is 2.51. The second-order valence-corrected chi connectivity index (χ2v) is 3.59. The van der Waals surface area contributed by atoms with Crippen LogP contribution in [0.3, 0.4) is 0 Å². The standard InChI is InChI=1S/C10H12O5/c1-5-2-3-7(14-9(5)12)6-4-8(11)15-10(6)13/h2,4,7,9-10,12-13H,3H2,1H3. The van der Waals surface area contributed by atoms with Crippen LogP contribution in [0, 0.1) is 0 Å². The quantitative estimate of drug-likeness (QED) is 0.466. The molecule has 2 aliphatic heterocycles. The maximum atomic E-state index is 10.9. The predicted octanol–water partition coefficient (Wildman–Crippen LogP) is -0.158. The topological polar surface area (TPSA) is 76.0 Å². The van der Waals surface area contributed by atoms with Crippen LogP contribution in [0.5, 0.6) is 0 Å². The van der Waals surface area contributed by atoms with E-state index in [1.54, 1.807) is 6.92 Å². The van der Waals surface area contributed by atoms with Crippen molar-refractivity contribution in [3.63, 3.8) is 0 Å². The summed E-state index contributed by atoms with van der Waals surface area (Å²) >= 11 is 0. The minimum absolute atomic E-state index is 0.364. The van der Waals surface area contributed by atoms with Gasteiger partial charge in [-0.3, -0.25) is 0 Å². The van der Waals surface area contributed by atoms with Gasteiger partial charge in [-0.25, -0.2) is 4.79 Å². The zero-order chi connectivity index (χ0) is 11.0. The molecule has 3 unspecified atom stereocenters. The van der Waals surface area contributed by atoms with Crippen LogP contribution >= 0.6 is 0 Å². The van der Waals surface area contributed by atoms with Gasteiger partial charge < -0.3 is 19.7 Å². The number of carbonyl (C=O) groups is 1. The number of hydrogen-bond acceptors (Lipinski definition) is 5. The van der Waals surface area contributed by atoms with E-state index in [9.17, 15) is 15.0 Å². The van der Waals surface area contributed by atoms with Crippen molar-refractivity contribution in [1.82, 2.24) is 0 Å². The lowest BCUT2D eigenvalue weighted by Gasteiger charge is -2.27. The van der Waals surface area contributed by atoms with E-state index in [0.717, 1.165) is 5.57 Å².